The Hall–Kier alpha value is -0.630. The van der Waals surface area contributed by atoms with Crippen molar-refractivity contribution in [1.29, 1.82) is 0 Å². The number of hydrogen-bond acceptors (Lipinski definition) is 1. The zero-order valence-electron chi connectivity index (χ0n) is 5.52. The van der Waals surface area contributed by atoms with Crippen LogP contribution in [-0.2, 0) is 4.79 Å². The van der Waals surface area contributed by atoms with Gasteiger partial charge in [-0.15, -0.1) is 0 Å². The molecule has 0 heterocycles. The summed E-state index contributed by atoms with van der Waals surface area (Å²) in [5, 5.41) is 0. The average molecular weight is 198 g/mol. The molecule has 0 amide bonds. The molecule has 0 aromatic heterocycles. The van der Waals surface area contributed by atoms with E-state index < -0.39 is 0 Å². The molecule has 0 unspecified atom stereocenters. The first-order chi connectivity index (χ1) is 4.74. The van der Waals surface area contributed by atoms with Crippen LogP contribution < -0.4 is 0 Å². The van der Waals surface area contributed by atoms with Gasteiger partial charge in [-0.05, 0) is 18.6 Å². The van der Waals surface area contributed by atoms with Crippen molar-refractivity contribution in [3.8, 4) is 0 Å². The van der Waals surface area contributed by atoms with E-state index in [1.165, 1.54) is 0 Å². The molecule has 0 saturated heterocycles. The Labute approximate surface area is 68.2 Å². The molecular weight excluding hydrogens is 192 g/mol. The summed E-state index contributed by atoms with van der Waals surface area (Å²) < 4.78 is 0.952. The Balaban J connectivity index is 3.16. The van der Waals surface area contributed by atoms with Gasteiger partial charge in [0.1, 0.15) is 0 Å². The molecule has 1 aromatic rings. The predicted molar refractivity (Wildman–Crippen MR) is 43.7 cm³/mol. The van der Waals surface area contributed by atoms with Crippen LogP contribution in [0.15, 0.2) is 22.7 Å². The largest absolute Gasteiger partial charge is 0.285 e. The second-order valence-electron chi connectivity index (χ2n) is 2.07. The van der Waals surface area contributed by atoms with Crippen molar-refractivity contribution in [2.75, 3.05) is 0 Å². The van der Waals surface area contributed by atoms with Crippen molar-refractivity contribution in [3.63, 3.8) is 0 Å². The quantitative estimate of drug-likeness (QED) is 0.676. The number of rotatable bonds is 1. The number of hydrogen-bond donors (Lipinski definition) is 0. The van der Waals surface area contributed by atoms with Crippen molar-refractivity contribution in [3.05, 3.63) is 33.8 Å². The Bertz CT molecular complexity index is 255. The third-order valence-corrected chi connectivity index (χ3v) is 2.14. The summed E-state index contributed by atoms with van der Waals surface area (Å²) in [6.07, 6.45) is 1.82. The molecule has 1 rings (SSSR count). The second kappa shape index (κ2) is 2.97. The first-order valence-corrected chi connectivity index (χ1v) is 3.67. The predicted octanol–water partition coefficient (Wildman–Crippen LogP) is 2.22. The fourth-order valence-electron chi connectivity index (χ4n) is 0.656. The van der Waals surface area contributed by atoms with Gasteiger partial charge in [0, 0.05) is 10.0 Å². The minimum atomic E-state index is 0.581. The lowest BCUT2D eigenvalue weighted by Crippen LogP contribution is -1.81. The van der Waals surface area contributed by atoms with Crippen molar-refractivity contribution >= 4 is 22.2 Å². The normalized spacial score (nSPS) is 9.40. The SMILES string of the molecule is Cc1ccc([C]=O)cc1Br. The summed E-state index contributed by atoms with van der Waals surface area (Å²) in [5.41, 5.74) is 1.71. The topological polar surface area (TPSA) is 17.1 Å². The van der Waals surface area contributed by atoms with E-state index in [0.29, 0.717) is 5.56 Å². The molecule has 0 fully saturated rings. The highest BCUT2D eigenvalue weighted by atomic mass is 79.9. The number of carbonyl (C=O) groups excluding carboxylic acids is 1. The summed E-state index contributed by atoms with van der Waals surface area (Å²) in [5.74, 6) is 0. The lowest BCUT2D eigenvalue weighted by atomic mass is 10.2. The highest BCUT2D eigenvalue weighted by Crippen LogP contribution is 2.15. The highest BCUT2D eigenvalue weighted by molar-refractivity contribution is 9.10. The van der Waals surface area contributed by atoms with Gasteiger partial charge in [-0.1, -0.05) is 28.1 Å². The maximum Gasteiger partial charge on any atom is 0.233 e. The van der Waals surface area contributed by atoms with Gasteiger partial charge < -0.3 is 0 Å². The van der Waals surface area contributed by atoms with Crippen LogP contribution in [0, 0.1) is 6.92 Å². The van der Waals surface area contributed by atoms with Crippen LogP contribution in [0.1, 0.15) is 11.1 Å². The fourth-order valence-corrected chi connectivity index (χ4v) is 1.04. The molecule has 0 aliphatic rings. The Morgan fingerprint density at radius 2 is 2.20 bits per heavy atom. The fraction of sp³-hybridized carbons (Fsp3) is 0.125. The van der Waals surface area contributed by atoms with Crippen molar-refractivity contribution in [2.24, 2.45) is 0 Å². The van der Waals surface area contributed by atoms with E-state index in [4.69, 9.17) is 0 Å². The van der Waals surface area contributed by atoms with E-state index in [0.717, 1.165) is 10.0 Å². The summed E-state index contributed by atoms with van der Waals surface area (Å²) >= 11 is 3.31. The van der Waals surface area contributed by atoms with Crippen molar-refractivity contribution in [2.45, 2.75) is 6.92 Å². The number of halogens is 1. The van der Waals surface area contributed by atoms with Crippen LogP contribution in [-0.4, -0.2) is 6.29 Å². The molecule has 10 heavy (non-hydrogen) atoms. The van der Waals surface area contributed by atoms with E-state index in [9.17, 15) is 4.79 Å². The molecule has 0 atom stereocenters. The third-order valence-electron chi connectivity index (χ3n) is 1.29. The average Bonchev–Trinajstić information content (AvgIpc) is 1.95. The molecule has 0 aliphatic heterocycles. The second-order valence-corrected chi connectivity index (χ2v) is 2.92. The third kappa shape index (κ3) is 1.45. The van der Waals surface area contributed by atoms with E-state index in [-0.39, 0.29) is 0 Å². The monoisotopic (exact) mass is 197 g/mol. The van der Waals surface area contributed by atoms with Gasteiger partial charge in [-0.2, -0.15) is 0 Å². The maximum atomic E-state index is 10.1. The zero-order valence-corrected chi connectivity index (χ0v) is 7.10. The Morgan fingerprint density at radius 1 is 1.50 bits per heavy atom. The standard InChI is InChI=1S/C8H6BrO/c1-6-2-3-7(5-10)4-8(6)9/h2-4H,1H3. The number of benzene rings is 1. The first kappa shape index (κ1) is 7.48. The van der Waals surface area contributed by atoms with Gasteiger partial charge in [-0.3, -0.25) is 4.79 Å². The van der Waals surface area contributed by atoms with Gasteiger partial charge in [0.15, 0.2) is 0 Å². The van der Waals surface area contributed by atoms with Gasteiger partial charge in [-0.25, -0.2) is 0 Å². The first-order valence-electron chi connectivity index (χ1n) is 2.88. The van der Waals surface area contributed by atoms with Gasteiger partial charge >= 0.3 is 0 Å². The molecule has 0 aliphatic carbocycles. The molecule has 0 bridgehead atoms. The molecule has 1 radical (unpaired) electrons. The molecule has 2 heteroatoms. The van der Waals surface area contributed by atoms with Crippen molar-refractivity contribution < 1.29 is 4.79 Å². The lowest BCUT2D eigenvalue weighted by Gasteiger charge is -1.95. The van der Waals surface area contributed by atoms with Crippen molar-refractivity contribution in [1.82, 2.24) is 0 Å². The smallest absolute Gasteiger partial charge is 0.233 e. The minimum Gasteiger partial charge on any atom is -0.285 e. The van der Waals surface area contributed by atoms with Gasteiger partial charge in [0.2, 0.25) is 6.29 Å². The van der Waals surface area contributed by atoms with Crippen LogP contribution in [0.2, 0.25) is 0 Å². The summed E-state index contributed by atoms with van der Waals surface area (Å²) in [6.45, 7) is 1.97. The summed E-state index contributed by atoms with van der Waals surface area (Å²) in [4.78, 5) is 10.1. The Kier molecular flexibility index (Phi) is 2.22. The molecule has 1 nitrogen and oxygen atoms in total. The minimum absolute atomic E-state index is 0.581. The summed E-state index contributed by atoms with van der Waals surface area (Å²) in [6, 6.07) is 5.37. The van der Waals surface area contributed by atoms with Gasteiger partial charge in [0.25, 0.3) is 0 Å². The molecule has 0 saturated carbocycles. The lowest BCUT2D eigenvalue weighted by molar-refractivity contribution is 0.562. The van der Waals surface area contributed by atoms with E-state index in [1.807, 2.05) is 19.3 Å². The van der Waals surface area contributed by atoms with Crippen LogP contribution >= 0.6 is 15.9 Å². The van der Waals surface area contributed by atoms with Crippen LogP contribution in [0.3, 0.4) is 0 Å². The van der Waals surface area contributed by atoms with E-state index in [1.54, 1.807) is 12.1 Å². The zero-order chi connectivity index (χ0) is 7.56. The van der Waals surface area contributed by atoms with Gasteiger partial charge in [0.05, 0.1) is 0 Å². The summed E-state index contributed by atoms with van der Waals surface area (Å²) in [7, 11) is 0. The number of aryl methyl sites for hydroxylation is 1. The molecule has 0 spiro atoms. The molecule has 0 N–H and O–H groups in total. The van der Waals surface area contributed by atoms with E-state index >= 15 is 0 Å². The van der Waals surface area contributed by atoms with Crippen LogP contribution in [0.5, 0.6) is 0 Å². The Morgan fingerprint density at radius 3 is 2.70 bits per heavy atom. The van der Waals surface area contributed by atoms with Crippen LogP contribution in [0.25, 0.3) is 0 Å². The molecule has 51 valence electrons. The highest BCUT2D eigenvalue weighted by Gasteiger charge is 1.94. The van der Waals surface area contributed by atoms with E-state index in [2.05, 4.69) is 15.9 Å². The van der Waals surface area contributed by atoms with Crippen LogP contribution in [0.4, 0.5) is 0 Å². The molecule has 1 aromatic carbocycles. The molecular formula is C8H6BrO. The maximum absolute atomic E-state index is 10.1.